The Bertz CT molecular complexity index is 1200. The molecule has 1 aromatic heterocycles. The van der Waals surface area contributed by atoms with E-state index in [1.165, 1.54) is 16.7 Å². The average molecular weight is 543 g/mol. The van der Waals surface area contributed by atoms with Gasteiger partial charge in [0.25, 0.3) is 0 Å². The highest BCUT2D eigenvalue weighted by molar-refractivity contribution is 8.01. The van der Waals surface area contributed by atoms with E-state index >= 15 is 0 Å². The number of aromatic nitrogens is 1. The van der Waals surface area contributed by atoms with Crippen molar-refractivity contribution in [2.24, 2.45) is 0 Å². The van der Waals surface area contributed by atoms with Crippen LogP contribution in [-0.2, 0) is 15.2 Å². The number of thioether (sulfide) groups is 2. The van der Waals surface area contributed by atoms with Gasteiger partial charge in [-0.1, -0.05) is 91.0 Å². The number of nitrogens with one attached hydrogen (secondary N) is 1. The number of alkyl carbamates (subject to hydrolysis) is 1. The minimum atomic E-state index is -0.500. The first kappa shape index (κ1) is 27.8. The molecule has 4 rings (SSSR count). The normalized spacial score (nSPS) is 11.7. The quantitative estimate of drug-likeness (QED) is 0.125. The summed E-state index contributed by atoms with van der Waals surface area (Å²) in [5.41, 5.74) is 4.18. The fraction of sp³-hybridized carbons (Fsp3) is 0.250. The summed E-state index contributed by atoms with van der Waals surface area (Å²) in [6.07, 6.45) is 1.47. The molecule has 1 amide bonds. The van der Waals surface area contributed by atoms with Gasteiger partial charge in [-0.3, -0.25) is 4.98 Å². The van der Waals surface area contributed by atoms with Crippen LogP contribution in [0.4, 0.5) is 4.79 Å². The van der Waals surface area contributed by atoms with Crippen molar-refractivity contribution in [1.82, 2.24) is 10.3 Å². The van der Waals surface area contributed by atoms with E-state index in [0.717, 1.165) is 22.1 Å². The molecule has 1 heterocycles. The molecule has 0 aliphatic carbocycles. The molecule has 4 nitrogen and oxygen atoms in total. The van der Waals surface area contributed by atoms with Gasteiger partial charge in [0.2, 0.25) is 0 Å². The largest absolute Gasteiger partial charge is 0.444 e. The zero-order valence-corrected chi connectivity index (χ0v) is 23.7. The van der Waals surface area contributed by atoms with Gasteiger partial charge in [-0.05, 0) is 49.6 Å². The molecule has 0 saturated heterocycles. The van der Waals surface area contributed by atoms with Gasteiger partial charge in [-0.2, -0.15) is 11.8 Å². The lowest BCUT2D eigenvalue weighted by molar-refractivity contribution is 0.0531. The van der Waals surface area contributed by atoms with Gasteiger partial charge >= 0.3 is 6.09 Å². The van der Waals surface area contributed by atoms with E-state index in [-0.39, 0.29) is 6.09 Å². The van der Waals surface area contributed by atoms with Gasteiger partial charge in [-0.15, -0.1) is 11.8 Å². The molecule has 6 heteroatoms. The third-order valence-electron chi connectivity index (χ3n) is 5.81. The standard InChI is InChI=1S/C32H34N2O2S2/c1-31(2,3)36-30(35)34-22-23-37-24-28-29(20-13-21-33-28)38-32(25-14-7-4-8-15-25,26-16-9-5-10-17-26)27-18-11-6-12-19-27/h4-21H,22-24H2,1-3H3,(H,34,35). The molecule has 0 bridgehead atoms. The number of hydrogen-bond donors (Lipinski definition) is 1. The van der Waals surface area contributed by atoms with Gasteiger partial charge < -0.3 is 10.1 Å². The second-order valence-corrected chi connectivity index (χ2v) is 12.2. The maximum absolute atomic E-state index is 11.9. The average Bonchev–Trinajstić information content (AvgIpc) is 2.93. The van der Waals surface area contributed by atoms with E-state index in [4.69, 9.17) is 9.72 Å². The van der Waals surface area contributed by atoms with Gasteiger partial charge in [0.1, 0.15) is 5.60 Å². The molecule has 4 aromatic rings. The lowest BCUT2D eigenvalue weighted by Crippen LogP contribution is -2.33. The Balaban J connectivity index is 1.60. The summed E-state index contributed by atoms with van der Waals surface area (Å²) in [6.45, 7) is 6.13. The number of amides is 1. The van der Waals surface area contributed by atoms with Gasteiger partial charge in [-0.25, -0.2) is 4.79 Å². The van der Waals surface area contributed by atoms with Crippen molar-refractivity contribution < 1.29 is 9.53 Å². The Morgan fingerprint density at radius 2 is 1.32 bits per heavy atom. The van der Waals surface area contributed by atoms with Crippen molar-refractivity contribution in [3.63, 3.8) is 0 Å². The van der Waals surface area contributed by atoms with Crippen LogP contribution in [0.5, 0.6) is 0 Å². The zero-order chi connectivity index (χ0) is 26.8. The number of ether oxygens (including phenoxy) is 1. The van der Waals surface area contributed by atoms with Crippen LogP contribution in [0.25, 0.3) is 0 Å². The Hall–Kier alpha value is -3.22. The molecule has 196 valence electrons. The molecule has 0 fully saturated rings. The fourth-order valence-electron chi connectivity index (χ4n) is 4.19. The third-order valence-corrected chi connectivity index (χ3v) is 8.38. The van der Waals surface area contributed by atoms with Crippen molar-refractivity contribution in [2.75, 3.05) is 12.3 Å². The minimum absolute atomic E-state index is 0.384. The lowest BCUT2D eigenvalue weighted by Gasteiger charge is -2.35. The molecule has 1 N–H and O–H groups in total. The Labute approximate surface area is 234 Å². The van der Waals surface area contributed by atoms with E-state index in [9.17, 15) is 4.79 Å². The molecule has 0 saturated carbocycles. The molecule has 0 radical (unpaired) electrons. The van der Waals surface area contributed by atoms with Crippen molar-refractivity contribution in [3.8, 4) is 0 Å². The summed E-state index contributed by atoms with van der Waals surface area (Å²) >= 11 is 3.58. The highest BCUT2D eigenvalue weighted by atomic mass is 32.2. The second-order valence-electron chi connectivity index (χ2n) is 9.81. The van der Waals surface area contributed by atoms with E-state index in [1.807, 2.05) is 44.8 Å². The summed E-state index contributed by atoms with van der Waals surface area (Å²) in [5, 5.41) is 2.84. The summed E-state index contributed by atoms with van der Waals surface area (Å²) in [4.78, 5) is 17.9. The molecule has 0 aliphatic heterocycles. The van der Waals surface area contributed by atoms with Gasteiger partial charge in [0.05, 0.1) is 10.4 Å². The lowest BCUT2D eigenvalue weighted by atomic mass is 9.84. The first-order valence-electron chi connectivity index (χ1n) is 12.7. The highest BCUT2D eigenvalue weighted by Crippen LogP contribution is 2.52. The monoisotopic (exact) mass is 542 g/mol. The van der Waals surface area contributed by atoms with Gasteiger partial charge in [0.15, 0.2) is 0 Å². The number of benzene rings is 3. The number of carbonyl (C=O) groups excluding carboxylic acids is 1. The predicted octanol–water partition coefficient (Wildman–Crippen LogP) is 7.92. The molecule has 0 aliphatic rings. The summed E-state index contributed by atoms with van der Waals surface area (Å²) < 4.78 is 4.87. The van der Waals surface area contributed by atoms with Crippen molar-refractivity contribution >= 4 is 29.6 Å². The first-order valence-corrected chi connectivity index (χ1v) is 14.7. The molecular weight excluding hydrogens is 508 g/mol. The number of carbonyl (C=O) groups is 1. The summed E-state index contributed by atoms with van der Waals surface area (Å²) in [7, 11) is 0. The van der Waals surface area contributed by atoms with E-state index < -0.39 is 10.3 Å². The van der Waals surface area contributed by atoms with Crippen molar-refractivity contribution in [1.29, 1.82) is 0 Å². The maximum Gasteiger partial charge on any atom is 0.407 e. The molecule has 38 heavy (non-hydrogen) atoms. The third kappa shape index (κ3) is 7.21. The van der Waals surface area contributed by atoms with E-state index in [2.05, 4.69) is 102 Å². The van der Waals surface area contributed by atoms with Crippen LogP contribution in [0.15, 0.2) is 114 Å². The summed E-state index contributed by atoms with van der Waals surface area (Å²) in [6, 6.07) is 36.2. The number of rotatable bonds is 10. The number of nitrogens with zero attached hydrogens (tertiary/aromatic N) is 1. The SMILES string of the molecule is CC(C)(C)OC(=O)NCCSCc1ncccc1SC(c1ccccc1)(c1ccccc1)c1ccccc1. The summed E-state index contributed by atoms with van der Waals surface area (Å²) in [5.74, 6) is 1.51. The maximum atomic E-state index is 11.9. The highest BCUT2D eigenvalue weighted by Gasteiger charge is 2.38. The molecule has 0 unspecified atom stereocenters. The molecule has 0 spiro atoms. The van der Waals surface area contributed by atoms with Crippen LogP contribution in [0.2, 0.25) is 0 Å². The smallest absolute Gasteiger partial charge is 0.407 e. The van der Waals surface area contributed by atoms with E-state index in [0.29, 0.717) is 6.54 Å². The van der Waals surface area contributed by atoms with Crippen molar-refractivity contribution in [2.45, 2.75) is 41.8 Å². The van der Waals surface area contributed by atoms with Crippen LogP contribution in [-0.4, -0.2) is 29.0 Å². The van der Waals surface area contributed by atoms with Gasteiger partial charge in [0, 0.05) is 29.1 Å². The van der Waals surface area contributed by atoms with E-state index in [1.54, 1.807) is 11.8 Å². The topological polar surface area (TPSA) is 51.2 Å². The Morgan fingerprint density at radius 3 is 1.82 bits per heavy atom. The van der Waals surface area contributed by atoms with Crippen LogP contribution >= 0.6 is 23.5 Å². The van der Waals surface area contributed by atoms with Crippen LogP contribution in [0.3, 0.4) is 0 Å². The Kier molecular flexibility index (Phi) is 9.53. The van der Waals surface area contributed by atoms with Crippen LogP contribution < -0.4 is 5.32 Å². The molecule has 0 atom stereocenters. The predicted molar refractivity (Wildman–Crippen MR) is 160 cm³/mol. The second kappa shape index (κ2) is 13.0. The minimum Gasteiger partial charge on any atom is -0.444 e. The molecular formula is C32H34N2O2S2. The van der Waals surface area contributed by atoms with Crippen LogP contribution in [0.1, 0.15) is 43.2 Å². The van der Waals surface area contributed by atoms with Crippen molar-refractivity contribution in [3.05, 3.63) is 132 Å². The number of hydrogen-bond acceptors (Lipinski definition) is 5. The fourth-order valence-corrected chi connectivity index (χ4v) is 6.58. The van der Waals surface area contributed by atoms with Crippen LogP contribution in [0, 0.1) is 0 Å². The first-order chi connectivity index (χ1) is 18.4. The zero-order valence-electron chi connectivity index (χ0n) is 22.1. The molecule has 3 aromatic carbocycles. The number of pyridine rings is 1. The Morgan fingerprint density at radius 1 is 0.789 bits per heavy atom.